The number of aryl methyl sites for hydroxylation is 2. The Bertz CT molecular complexity index is 1150. The van der Waals surface area contributed by atoms with Crippen molar-refractivity contribution in [1.29, 1.82) is 0 Å². The van der Waals surface area contributed by atoms with E-state index in [0.29, 0.717) is 17.7 Å². The molecule has 3 aromatic rings. The summed E-state index contributed by atoms with van der Waals surface area (Å²) in [5.74, 6) is -1.01. The van der Waals surface area contributed by atoms with E-state index >= 15 is 0 Å². The molecule has 0 fully saturated rings. The molecule has 0 saturated heterocycles. The molecular formula is C24H25FN2O3S. The second kappa shape index (κ2) is 9.85. The third-order valence-electron chi connectivity index (χ3n) is 4.95. The zero-order valence-electron chi connectivity index (χ0n) is 17.5. The number of sulfonamides is 1. The fraction of sp³-hybridized carbons (Fsp3) is 0.208. The van der Waals surface area contributed by atoms with E-state index in [1.807, 2.05) is 37.3 Å². The molecule has 3 aromatic carbocycles. The highest BCUT2D eigenvalue weighted by molar-refractivity contribution is 7.89. The molecule has 1 amide bonds. The number of amides is 1. The molecule has 0 bridgehead atoms. The third-order valence-corrected chi connectivity index (χ3v) is 6.80. The Labute approximate surface area is 182 Å². The van der Waals surface area contributed by atoms with Crippen molar-refractivity contribution in [3.05, 3.63) is 95.3 Å². The molecule has 0 heterocycles. The Morgan fingerprint density at radius 1 is 0.968 bits per heavy atom. The number of rotatable bonds is 8. The number of hydrogen-bond donors (Lipinski definition) is 1. The van der Waals surface area contributed by atoms with Crippen molar-refractivity contribution in [3.63, 3.8) is 0 Å². The lowest BCUT2D eigenvalue weighted by atomic mass is 10.1. The second-order valence-electron chi connectivity index (χ2n) is 7.39. The Morgan fingerprint density at radius 2 is 1.65 bits per heavy atom. The molecule has 0 saturated carbocycles. The largest absolute Gasteiger partial charge is 0.325 e. The number of carbonyl (C=O) groups excluding carboxylic acids is 1. The van der Waals surface area contributed by atoms with Gasteiger partial charge in [0.05, 0.1) is 11.4 Å². The van der Waals surface area contributed by atoms with Gasteiger partial charge in [-0.15, -0.1) is 0 Å². The number of halogens is 1. The van der Waals surface area contributed by atoms with Crippen LogP contribution in [-0.2, 0) is 21.2 Å². The second-order valence-corrected chi connectivity index (χ2v) is 9.33. The van der Waals surface area contributed by atoms with Gasteiger partial charge in [0.25, 0.3) is 0 Å². The summed E-state index contributed by atoms with van der Waals surface area (Å²) >= 11 is 0. The summed E-state index contributed by atoms with van der Waals surface area (Å²) in [5, 5.41) is 2.63. The molecule has 7 heteroatoms. The van der Waals surface area contributed by atoms with Gasteiger partial charge in [-0.2, -0.15) is 4.31 Å². The predicted molar refractivity (Wildman–Crippen MR) is 120 cm³/mol. The molecule has 0 radical (unpaired) electrons. The number of carbonyl (C=O) groups is 1. The fourth-order valence-corrected chi connectivity index (χ4v) is 4.52. The summed E-state index contributed by atoms with van der Waals surface area (Å²) in [6.45, 7) is 3.37. The van der Waals surface area contributed by atoms with Crippen LogP contribution < -0.4 is 5.32 Å². The molecule has 0 atom stereocenters. The Kier molecular flexibility index (Phi) is 7.20. The van der Waals surface area contributed by atoms with E-state index < -0.39 is 21.7 Å². The first-order valence-corrected chi connectivity index (χ1v) is 11.4. The zero-order valence-corrected chi connectivity index (χ0v) is 18.3. The summed E-state index contributed by atoms with van der Waals surface area (Å²) in [7, 11) is -3.90. The Hall–Kier alpha value is -3.03. The maximum Gasteiger partial charge on any atom is 0.243 e. The first-order chi connectivity index (χ1) is 14.8. The summed E-state index contributed by atoms with van der Waals surface area (Å²) in [6, 6.07) is 20.1. The molecule has 0 aliphatic rings. The summed E-state index contributed by atoms with van der Waals surface area (Å²) < 4.78 is 41.2. The van der Waals surface area contributed by atoms with E-state index in [1.54, 1.807) is 25.1 Å². The van der Waals surface area contributed by atoms with Gasteiger partial charge in [0.15, 0.2) is 0 Å². The van der Waals surface area contributed by atoms with Gasteiger partial charge >= 0.3 is 0 Å². The Balaban J connectivity index is 1.83. The standard InChI is InChI=1S/C24H25FN2O3S/c1-18-8-12-22(13-9-18)31(29,30)27(15-14-20-6-4-3-5-7-20)17-24(28)26-23-16-21(25)11-10-19(23)2/h3-13,16H,14-15,17H2,1-2H3,(H,26,28). The summed E-state index contributed by atoms with van der Waals surface area (Å²) in [4.78, 5) is 12.8. The van der Waals surface area contributed by atoms with Crippen LogP contribution in [0.3, 0.4) is 0 Å². The first kappa shape index (κ1) is 22.7. The molecule has 3 rings (SSSR count). The van der Waals surface area contributed by atoms with E-state index in [9.17, 15) is 17.6 Å². The molecule has 0 spiro atoms. The lowest BCUT2D eigenvalue weighted by molar-refractivity contribution is -0.116. The molecule has 0 aliphatic heterocycles. The molecular weight excluding hydrogens is 415 g/mol. The van der Waals surface area contributed by atoms with E-state index in [4.69, 9.17) is 0 Å². The molecule has 1 N–H and O–H groups in total. The molecule has 162 valence electrons. The van der Waals surface area contributed by atoms with Crippen molar-refractivity contribution in [1.82, 2.24) is 4.31 Å². The van der Waals surface area contributed by atoms with Gasteiger partial charge in [-0.25, -0.2) is 12.8 Å². The highest BCUT2D eigenvalue weighted by atomic mass is 32.2. The van der Waals surface area contributed by atoms with Crippen LogP contribution in [0, 0.1) is 19.7 Å². The first-order valence-electron chi connectivity index (χ1n) is 9.92. The average Bonchev–Trinajstić information content (AvgIpc) is 2.74. The van der Waals surface area contributed by atoms with Gasteiger partial charge in [-0.3, -0.25) is 4.79 Å². The van der Waals surface area contributed by atoms with Crippen LogP contribution in [0.15, 0.2) is 77.7 Å². The SMILES string of the molecule is Cc1ccc(S(=O)(=O)N(CCc2ccccc2)CC(=O)Nc2cc(F)ccc2C)cc1. The van der Waals surface area contributed by atoms with Crippen LogP contribution in [0.1, 0.15) is 16.7 Å². The summed E-state index contributed by atoms with van der Waals surface area (Å²) in [6.07, 6.45) is 0.457. The molecule has 0 unspecified atom stereocenters. The van der Waals surface area contributed by atoms with Gasteiger partial charge in [-0.05, 0) is 55.7 Å². The Morgan fingerprint density at radius 3 is 2.32 bits per heavy atom. The minimum Gasteiger partial charge on any atom is -0.325 e. The van der Waals surface area contributed by atoms with Crippen LogP contribution in [0.2, 0.25) is 0 Å². The third kappa shape index (κ3) is 5.99. The van der Waals surface area contributed by atoms with E-state index in [2.05, 4.69) is 5.32 Å². The van der Waals surface area contributed by atoms with Crippen LogP contribution in [-0.4, -0.2) is 31.7 Å². The van der Waals surface area contributed by atoms with Gasteiger partial charge in [0, 0.05) is 12.2 Å². The number of anilines is 1. The van der Waals surface area contributed by atoms with Gasteiger partial charge in [0.2, 0.25) is 15.9 Å². The topological polar surface area (TPSA) is 66.5 Å². The van der Waals surface area contributed by atoms with Gasteiger partial charge < -0.3 is 5.32 Å². The highest BCUT2D eigenvalue weighted by Gasteiger charge is 2.26. The predicted octanol–water partition coefficient (Wildman–Crippen LogP) is 4.31. The van der Waals surface area contributed by atoms with Crippen LogP contribution in [0.4, 0.5) is 10.1 Å². The van der Waals surface area contributed by atoms with Crippen molar-refractivity contribution in [2.24, 2.45) is 0 Å². The number of benzene rings is 3. The van der Waals surface area contributed by atoms with Crippen LogP contribution in [0.25, 0.3) is 0 Å². The number of nitrogens with zero attached hydrogens (tertiary/aromatic N) is 1. The van der Waals surface area contributed by atoms with Crippen molar-refractivity contribution in [2.75, 3.05) is 18.4 Å². The monoisotopic (exact) mass is 440 g/mol. The quantitative estimate of drug-likeness (QED) is 0.568. The molecule has 0 aliphatic carbocycles. The van der Waals surface area contributed by atoms with Gasteiger partial charge in [0.1, 0.15) is 5.82 Å². The minimum atomic E-state index is -3.90. The smallest absolute Gasteiger partial charge is 0.243 e. The lowest BCUT2D eigenvalue weighted by Crippen LogP contribution is -2.39. The zero-order chi connectivity index (χ0) is 22.4. The van der Waals surface area contributed by atoms with Crippen molar-refractivity contribution in [2.45, 2.75) is 25.2 Å². The van der Waals surface area contributed by atoms with Crippen LogP contribution in [0.5, 0.6) is 0 Å². The van der Waals surface area contributed by atoms with Gasteiger partial charge in [-0.1, -0.05) is 54.1 Å². The van der Waals surface area contributed by atoms with Crippen molar-refractivity contribution in [3.8, 4) is 0 Å². The van der Waals surface area contributed by atoms with E-state index in [0.717, 1.165) is 15.4 Å². The maximum atomic E-state index is 13.6. The van der Waals surface area contributed by atoms with E-state index in [-0.39, 0.29) is 18.0 Å². The molecule has 31 heavy (non-hydrogen) atoms. The average molecular weight is 441 g/mol. The van der Waals surface area contributed by atoms with Crippen LogP contribution >= 0.6 is 0 Å². The van der Waals surface area contributed by atoms with Crippen molar-refractivity contribution < 1.29 is 17.6 Å². The lowest BCUT2D eigenvalue weighted by Gasteiger charge is -2.22. The van der Waals surface area contributed by atoms with Crippen molar-refractivity contribution >= 4 is 21.6 Å². The number of nitrogens with one attached hydrogen (secondary N) is 1. The summed E-state index contributed by atoms with van der Waals surface area (Å²) in [5.41, 5.74) is 2.91. The molecule has 0 aromatic heterocycles. The fourth-order valence-electron chi connectivity index (χ4n) is 3.12. The highest BCUT2D eigenvalue weighted by Crippen LogP contribution is 2.19. The van der Waals surface area contributed by atoms with E-state index in [1.165, 1.54) is 24.3 Å². The normalized spacial score (nSPS) is 11.5. The molecule has 5 nitrogen and oxygen atoms in total. The maximum absolute atomic E-state index is 13.6. The number of hydrogen-bond acceptors (Lipinski definition) is 3. The minimum absolute atomic E-state index is 0.126.